The van der Waals surface area contributed by atoms with E-state index in [0.717, 1.165) is 19.5 Å². The van der Waals surface area contributed by atoms with E-state index in [2.05, 4.69) is 10.2 Å². The molecule has 3 N–H and O–H groups in total. The molecule has 1 heterocycles. The van der Waals surface area contributed by atoms with Crippen molar-refractivity contribution in [2.75, 3.05) is 37.2 Å². The molecule has 18 heavy (non-hydrogen) atoms. The topological polar surface area (TPSA) is 41.3 Å². The summed E-state index contributed by atoms with van der Waals surface area (Å²) in [5, 5.41) is 3.21. The molecule has 3 nitrogen and oxygen atoms in total. The zero-order valence-electron chi connectivity index (χ0n) is 10.4. The summed E-state index contributed by atoms with van der Waals surface area (Å²) < 4.78 is 14.0. The fourth-order valence-corrected chi connectivity index (χ4v) is 2.74. The van der Waals surface area contributed by atoms with Crippen LogP contribution in [0.1, 0.15) is 19.3 Å². The van der Waals surface area contributed by atoms with Crippen molar-refractivity contribution >= 4 is 34.0 Å². The van der Waals surface area contributed by atoms with Crippen LogP contribution in [0.25, 0.3) is 0 Å². The predicted molar refractivity (Wildman–Crippen MR) is 82.3 cm³/mol. The number of nitrogens with one attached hydrogen (secondary N) is 1. The highest BCUT2D eigenvalue weighted by Gasteiger charge is 2.10. The van der Waals surface area contributed by atoms with Gasteiger partial charge in [0.15, 0.2) is 0 Å². The first-order valence-electron chi connectivity index (χ1n) is 6.37. The summed E-state index contributed by atoms with van der Waals surface area (Å²) in [4.78, 5) is 2.47. The first-order valence-corrected chi connectivity index (χ1v) is 7.45. The molecule has 1 aliphatic rings. The van der Waals surface area contributed by atoms with Gasteiger partial charge in [0.2, 0.25) is 0 Å². The van der Waals surface area contributed by atoms with Crippen LogP contribution in [0, 0.1) is 9.39 Å². The van der Waals surface area contributed by atoms with E-state index in [1.54, 1.807) is 6.07 Å². The van der Waals surface area contributed by atoms with Gasteiger partial charge in [-0.2, -0.15) is 0 Å². The lowest BCUT2D eigenvalue weighted by Crippen LogP contribution is -2.22. The third kappa shape index (κ3) is 3.71. The molecule has 1 aromatic carbocycles. The Morgan fingerprint density at radius 3 is 2.78 bits per heavy atom. The predicted octanol–water partition coefficient (Wildman–Crippen LogP) is 2.91. The molecular formula is C13H19FIN3. The van der Waals surface area contributed by atoms with E-state index < -0.39 is 0 Å². The molecule has 0 radical (unpaired) electrons. The largest absolute Gasteiger partial charge is 0.397 e. The van der Waals surface area contributed by atoms with Crippen LogP contribution in [0.5, 0.6) is 0 Å². The highest BCUT2D eigenvalue weighted by molar-refractivity contribution is 14.1. The normalized spacial score (nSPS) is 16.1. The molecule has 0 bridgehead atoms. The second kappa shape index (κ2) is 6.56. The Morgan fingerprint density at radius 2 is 2.06 bits per heavy atom. The van der Waals surface area contributed by atoms with Crippen molar-refractivity contribution in [1.29, 1.82) is 0 Å². The number of nitrogen functional groups attached to an aromatic ring is 1. The minimum absolute atomic E-state index is 0.216. The first kappa shape index (κ1) is 13.9. The Balaban J connectivity index is 1.77. The molecule has 0 aromatic heterocycles. The van der Waals surface area contributed by atoms with Gasteiger partial charge in [-0.3, -0.25) is 0 Å². The maximum absolute atomic E-state index is 13.4. The third-order valence-electron chi connectivity index (χ3n) is 3.26. The summed E-state index contributed by atoms with van der Waals surface area (Å²) in [6.07, 6.45) is 3.71. The summed E-state index contributed by atoms with van der Waals surface area (Å²) >= 11 is 1.95. The summed E-state index contributed by atoms with van der Waals surface area (Å²) in [7, 11) is 0. The highest BCUT2D eigenvalue weighted by Crippen LogP contribution is 2.23. The van der Waals surface area contributed by atoms with E-state index in [0.29, 0.717) is 14.9 Å². The minimum Gasteiger partial charge on any atom is -0.397 e. The minimum atomic E-state index is -0.216. The Kier molecular flexibility index (Phi) is 5.05. The molecule has 0 saturated carbocycles. The van der Waals surface area contributed by atoms with Crippen molar-refractivity contribution in [2.24, 2.45) is 0 Å². The average Bonchev–Trinajstić information content (AvgIpc) is 2.84. The molecule has 1 saturated heterocycles. The fraction of sp³-hybridized carbons (Fsp3) is 0.538. The number of anilines is 2. The van der Waals surface area contributed by atoms with Crippen LogP contribution in [-0.4, -0.2) is 31.1 Å². The van der Waals surface area contributed by atoms with Crippen LogP contribution < -0.4 is 11.1 Å². The monoisotopic (exact) mass is 363 g/mol. The van der Waals surface area contributed by atoms with E-state index in [9.17, 15) is 4.39 Å². The molecule has 1 aliphatic heterocycles. The van der Waals surface area contributed by atoms with E-state index in [4.69, 9.17) is 5.73 Å². The molecule has 1 fully saturated rings. The standard InChI is InChI=1S/C13H19FIN3/c14-10-8-13(12(16)9-11(10)15)17-4-3-7-18-5-1-2-6-18/h8-9,17H,1-7,16H2. The molecule has 0 atom stereocenters. The quantitative estimate of drug-likeness (QED) is 0.480. The number of rotatable bonds is 5. The first-order chi connectivity index (χ1) is 8.66. The van der Waals surface area contributed by atoms with Gasteiger partial charge in [0.05, 0.1) is 14.9 Å². The number of benzene rings is 1. The van der Waals surface area contributed by atoms with Crippen molar-refractivity contribution in [3.05, 3.63) is 21.5 Å². The van der Waals surface area contributed by atoms with Crippen molar-refractivity contribution in [2.45, 2.75) is 19.3 Å². The zero-order chi connectivity index (χ0) is 13.0. The molecular weight excluding hydrogens is 344 g/mol. The summed E-state index contributed by atoms with van der Waals surface area (Å²) in [5.74, 6) is -0.216. The maximum atomic E-state index is 13.4. The number of hydrogen-bond acceptors (Lipinski definition) is 3. The van der Waals surface area contributed by atoms with Gasteiger partial charge in [0.25, 0.3) is 0 Å². The van der Waals surface area contributed by atoms with Crippen molar-refractivity contribution in [1.82, 2.24) is 4.90 Å². The van der Waals surface area contributed by atoms with Gasteiger partial charge in [-0.05, 0) is 67.6 Å². The summed E-state index contributed by atoms with van der Waals surface area (Å²) in [6, 6.07) is 3.14. The van der Waals surface area contributed by atoms with Crippen molar-refractivity contribution in [3.63, 3.8) is 0 Å². The van der Waals surface area contributed by atoms with E-state index in [1.165, 1.54) is 32.0 Å². The Morgan fingerprint density at radius 1 is 1.33 bits per heavy atom. The second-order valence-electron chi connectivity index (χ2n) is 4.68. The number of likely N-dealkylation sites (tertiary alicyclic amines) is 1. The van der Waals surface area contributed by atoms with Gasteiger partial charge in [0, 0.05) is 12.6 Å². The second-order valence-corrected chi connectivity index (χ2v) is 5.84. The molecule has 100 valence electrons. The number of nitrogens with zero attached hydrogens (tertiary/aromatic N) is 1. The van der Waals surface area contributed by atoms with Gasteiger partial charge < -0.3 is 16.0 Å². The molecule has 2 rings (SSSR count). The average molecular weight is 363 g/mol. The van der Waals surface area contributed by atoms with Gasteiger partial charge in [0.1, 0.15) is 5.82 Å². The molecule has 0 aliphatic carbocycles. The highest BCUT2D eigenvalue weighted by atomic mass is 127. The zero-order valence-corrected chi connectivity index (χ0v) is 12.5. The smallest absolute Gasteiger partial charge is 0.138 e. The van der Waals surface area contributed by atoms with Crippen LogP contribution in [0.2, 0.25) is 0 Å². The van der Waals surface area contributed by atoms with Crippen LogP contribution in [0.4, 0.5) is 15.8 Å². The van der Waals surface area contributed by atoms with Gasteiger partial charge >= 0.3 is 0 Å². The van der Waals surface area contributed by atoms with E-state index in [-0.39, 0.29) is 5.82 Å². The maximum Gasteiger partial charge on any atom is 0.138 e. The van der Waals surface area contributed by atoms with E-state index >= 15 is 0 Å². The number of halogens is 2. The SMILES string of the molecule is Nc1cc(I)c(F)cc1NCCCN1CCCC1. The fourth-order valence-electron chi connectivity index (χ4n) is 2.25. The Bertz CT molecular complexity index is 405. The van der Waals surface area contributed by atoms with Crippen LogP contribution in [0.15, 0.2) is 12.1 Å². The Labute approximate surface area is 121 Å². The summed E-state index contributed by atoms with van der Waals surface area (Å²) in [6.45, 7) is 4.39. The van der Waals surface area contributed by atoms with Crippen LogP contribution in [-0.2, 0) is 0 Å². The lowest BCUT2D eigenvalue weighted by Gasteiger charge is -2.15. The molecule has 0 unspecified atom stereocenters. The Hall–Kier alpha value is -0.560. The number of nitrogens with two attached hydrogens (primary N) is 1. The lowest BCUT2D eigenvalue weighted by atomic mass is 10.2. The molecule has 1 aromatic rings. The molecule has 0 spiro atoms. The van der Waals surface area contributed by atoms with Crippen LogP contribution >= 0.6 is 22.6 Å². The third-order valence-corrected chi connectivity index (χ3v) is 4.08. The van der Waals surface area contributed by atoms with E-state index in [1.807, 2.05) is 22.6 Å². The molecule has 0 amide bonds. The number of hydrogen-bond donors (Lipinski definition) is 2. The van der Waals surface area contributed by atoms with Crippen molar-refractivity contribution in [3.8, 4) is 0 Å². The molecule has 5 heteroatoms. The van der Waals surface area contributed by atoms with Gasteiger partial charge in [-0.1, -0.05) is 0 Å². The van der Waals surface area contributed by atoms with Crippen LogP contribution in [0.3, 0.4) is 0 Å². The van der Waals surface area contributed by atoms with Gasteiger partial charge in [-0.15, -0.1) is 0 Å². The summed E-state index contributed by atoms with van der Waals surface area (Å²) in [5.41, 5.74) is 7.17. The van der Waals surface area contributed by atoms with Gasteiger partial charge in [-0.25, -0.2) is 4.39 Å². The lowest BCUT2D eigenvalue weighted by molar-refractivity contribution is 0.337. The van der Waals surface area contributed by atoms with Crippen molar-refractivity contribution < 1.29 is 4.39 Å².